The van der Waals surface area contributed by atoms with Gasteiger partial charge >= 0.3 is 0 Å². The molecule has 0 saturated heterocycles. The zero-order valence-corrected chi connectivity index (χ0v) is 19.6. The fourth-order valence-corrected chi connectivity index (χ4v) is 4.19. The maximum absolute atomic E-state index is 5.63. The van der Waals surface area contributed by atoms with E-state index in [9.17, 15) is 0 Å². The van der Waals surface area contributed by atoms with Gasteiger partial charge in [-0.05, 0) is 44.8 Å². The Kier molecular flexibility index (Phi) is 11.5. The number of rotatable bonds is 13. The van der Waals surface area contributed by atoms with Gasteiger partial charge in [0.05, 0.1) is 0 Å². The van der Waals surface area contributed by atoms with Crippen LogP contribution in [0.15, 0.2) is 10.1 Å². The van der Waals surface area contributed by atoms with Crippen LogP contribution >= 0.6 is 11.8 Å². The minimum Gasteiger partial charge on any atom is -0.381 e. The highest BCUT2D eigenvalue weighted by Gasteiger charge is 2.23. The molecule has 0 atom stereocenters. The molecule has 0 aliphatic heterocycles. The van der Waals surface area contributed by atoms with Crippen molar-refractivity contribution >= 4 is 17.7 Å². The summed E-state index contributed by atoms with van der Waals surface area (Å²) in [7, 11) is 0. The molecule has 0 radical (unpaired) electrons. The van der Waals surface area contributed by atoms with E-state index in [4.69, 9.17) is 9.73 Å². The molecule has 2 N–H and O–H groups in total. The molecule has 7 nitrogen and oxygen atoms in total. The molecule has 0 aromatic carbocycles. The van der Waals surface area contributed by atoms with Crippen LogP contribution in [-0.2, 0) is 11.2 Å². The fraction of sp³-hybridized carbons (Fsp3) is 0.857. The first-order valence-electron chi connectivity index (χ1n) is 11.2. The maximum atomic E-state index is 5.63. The van der Waals surface area contributed by atoms with Crippen molar-refractivity contribution in [1.82, 2.24) is 25.4 Å². The number of nitrogens with zero attached hydrogens (tertiary/aromatic N) is 4. The van der Waals surface area contributed by atoms with Crippen molar-refractivity contribution in [1.29, 1.82) is 0 Å². The van der Waals surface area contributed by atoms with Crippen molar-refractivity contribution < 1.29 is 4.74 Å². The topological polar surface area (TPSA) is 76.4 Å². The molecule has 1 heterocycles. The number of hydrogen-bond acceptors (Lipinski definition) is 5. The van der Waals surface area contributed by atoms with Crippen molar-refractivity contribution in [2.24, 2.45) is 10.9 Å². The predicted molar refractivity (Wildman–Crippen MR) is 122 cm³/mol. The van der Waals surface area contributed by atoms with E-state index in [1.165, 1.54) is 25.7 Å². The quantitative estimate of drug-likeness (QED) is 0.218. The zero-order valence-electron chi connectivity index (χ0n) is 18.7. The van der Waals surface area contributed by atoms with Gasteiger partial charge in [-0.2, -0.15) is 0 Å². The predicted octanol–water partition coefficient (Wildman–Crippen LogP) is 3.67. The molecule has 0 spiro atoms. The van der Waals surface area contributed by atoms with Crippen LogP contribution in [0.1, 0.15) is 71.2 Å². The van der Waals surface area contributed by atoms with E-state index in [1.807, 2.05) is 0 Å². The number of aromatic nitrogens is 3. The normalized spacial score (nSPS) is 15.4. The lowest BCUT2D eigenvalue weighted by atomic mass is 10.2. The van der Waals surface area contributed by atoms with E-state index in [0.717, 1.165) is 69.1 Å². The van der Waals surface area contributed by atoms with Crippen LogP contribution in [0.5, 0.6) is 0 Å². The number of thioether (sulfide) groups is 1. The van der Waals surface area contributed by atoms with Crippen molar-refractivity contribution in [2.75, 3.05) is 39.1 Å². The Balaban J connectivity index is 1.75. The molecule has 166 valence electrons. The zero-order chi connectivity index (χ0) is 20.9. The first-order chi connectivity index (χ1) is 14.2. The van der Waals surface area contributed by atoms with Crippen LogP contribution < -0.4 is 10.6 Å². The van der Waals surface area contributed by atoms with Crippen LogP contribution in [0.3, 0.4) is 0 Å². The van der Waals surface area contributed by atoms with Gasteiger partial charge in [-0.1, -0.05) is 38.5 Å². The lowest BCUT2D eigenvalue weighted by molar-refractivity contribution is 0.108. The summed E-state index contributed by atoms with van der Waals surface area (Å²) in [6.07, 6.45) is 10.1. The monoisotopic (exact) mass is 424 g/mol. The van der Waals surface area contributed by atoms with Crippen molar-refractivity contribution in [2.45, 2.75) is 76.9 Å². The van der Waals surface area contributed by atoms with E-state index >= 15 is 0 Å². The molecule has 2 rings (SSSR count). The Morgan fingerprint density at radius 3 is 2.72 bits per heavy atom. The Labute approximate surface area is 180 Å². The average Bonchev–Trinajstić information content (AvgIpc) is 3.36. The lowest BCUT2D eigenvalue weighted by Gasteiger charge is -2.16. The van der Waals surface area contributed by atoms with Crippen LogP contribution in [0, 0.1) is 5.92 Å². The van der Waals surface area contributed by atoms with Crippen molar-refractivity contribution in [3.63, 3.8) is 0 Å². The van der Waals surface area contributed by atoms with Gasteiger partial charge < -0.3 is 19.9 Å². The highest BCUT2D eigenvalue weighted by Crippen LogP contribution is 2.33. The number of guanidine groups is 1. The van der Waals surface area contributed by atoms with Gasteiger partial charge in [0.1, 0.15) is 5.82 Å². The Morgan fingerprint density at radius 1 is 1.24 bits per heavy atom. The van der Waals surface area contributed by atoms with Gasteiger partial charge in [-0.25, -0.2) is 0 Å². The largest absolute Gasteiger partial charge is 0.381 e. The summed E-state index contributed by atoms with van der Waals surface area (Å²) >= 11 is 1.70. The van der Waals surface area contributed by atoms with Gasteiger partial charge in [0.2, 0.25) is 0 Å². The summed E-state index contributed by atoms with van der Waals surface area (Å²) in [6, 6.07) is 0.586. The number of aryl methyl sites for hydroxylation is 1. The second-order valence-electron chi connectivity index (χ2n) is 8.02. The second-order valence-corrected chi connectivity index (χ2v) is 8.80. The number of hydrogen-bond donors (Lipinski definition) is 2. The number of ether oxygens (including phenoxy) is 1. The van der Waals surface area contributed by atoms with Gasteiger partial charge in [0.15, 0.2) is 11.1 Å². The van der Waals surface area contributed by atoms with E-state index in [-0.39, 0.29) is 0 Å². The standard InChI is InChI=1S/C21H40N6OS/c1-5-22-20(24-14-9-15-28-16-17(2)3)23-13-8-12-19-25-26-21(29-4)27(19)18-10-6-7-11-18/h17-18H,5-16H2,1-4H3,(H2,22,23,24). The molecule has 0 unspecified atom stereocenters. The molecule has 1 aliphatic carbocycles. The molecular weight excluding hydrogens is 384 g/mol. The van der Waals surface area contributed by atoms with Gasteiger partial charge in [0.25, 0.3) is 0 Å². The van der Waals surface area contributed by atoms with E-state index in [2.05, 4.69) is 52.4 Å². The highest BCUT2D eigenvalue weighted by atomic mass is 32.2. The molecule has 29 heavy (non-hydrogen) atoms. The summed E-state index contributed by atoms with van der Waals surface area (Å²) in [5.74, 6) is 2.60. The average molecular weight is 425 g/mol. The lowest BCUT2D eigenvalue weighted by Crippen LogP contribution is -2.38. The molecule has 0 amide bonds. The summed E-state index contributed by atoms with van der Waals surface area (Å²) in [5.41, 5.74) is 0. The van der Waals surface area contributed by atoms with Crippen molar-refractivity contribution in [3.05, 3.63) is 5.82 Å². The highest BCUT2D eigenvalue weighted by molar-refractivity contribution is 7.98. The van der Waals surface area contributed by atoms with Gasteiger partial charge in [0, 0.05) is 45.3 Å². The first kappa shape index (κ1) is 24.0. The molecule has 1 fully saturated rings. The van der Waals surface area contributed by atoms with Crippen LogP contribution in [0.2, 0.25) is 0 Å². The van der Waals surface area contributed by atoms with Crippen molar-refractivity contribution in [3.8, 4) is 0 Å². The summed E-state index contributed by atoms with van der Waals surface area (Å²) < 4.78 is 8.02. The molecule has 1 aliphatic rings. The Hall–Kier alpha value is -1.28. The summed E-state index contributed by atoms with van der Waals surface area (Å²) in [4.78, 5) is 4.72. The van der Waals surface area contributed by atoms with E-state index < -0.39 is 0 Å². The molecule has 1 aromatic rings. The van der Waals surface area contributed by atoms with Gasteiger partial charge in [-0.15, -0.1) is 10.2 Å². The van der Waals surface area contributed by atoms with Crippen LogP contribution in [0.4, 0.5) is 0 Å². The molecule has 8 heteroatoms. The minimum absolute atomic E-state index is 0.586. The first-order valence-corrected chi connectivity index (χ1v) is 12.5. The third-order valence-corrected chi connectivity index (χ3v) is 5.63. The van der Waals surface area contributed by atoms with Crippen LogP contribution in [0.25, 0.3) is 0 Å². The number of nitrogens with one attached hydrogen (secondary N) is 2. The minimum atomic E-state index is 0.586. The van der Waals surface area contributed by atoms with E-state index in [0.29, 0.717) is 12.0 Å². The molecule has 1 aromatic heterocycles. The summed E-state index contributed by atoms with van der Waals surface area (Å²) in [5, 5.41) is 16.7. The molecule has 1 saturated carbocycles. The summed E-state index contributed by atoms with van der Waals surface area (Å²) in [6.45, 7) is 10.6. The SMILES string of the molecule is CCNC(=NCCCc1nnc(SC)n1C1CCCC1)NCCCOCC(C)C. The Bertz CT molecular complexity index is 598. The third-order valence-electron chi connectivity index (χ3n) is 4.99. The third kappa shape index (κ3) is 8.54. The van der Waals surface area contributed by atoms with E-state index in [1.54, 1.807) is 11.8 Å². The molecule has 0 bridgehead atoms. The second kappa shape index (κ2) is 13.9. The number of aliphatic imine (C=N–C) groups is 1. The van der Waals surface area contributed by atoms with Crippen LogP contribution in [-0.4, -0.2) is 59.8 Å². The van der Waals surface area contributed by atoms with Gasteiger partial charge in [-0.3, -0.25) is 4.99 Å². The maximum Gasteiger partial charge on any atom is 0.191 e. The smallest absolute Gasteiger partial charge is 0.191 e. The molecular formula is C21H40N6OS. The Morgan fingerprint density at radius 2 is 2.03 bits per heavy atom. The fourth-order valence-electron chi connectivity index (χ4n) is 3.62.